The second-order valence-corrected chi connectivity index (χ2v) is 6.00. The van der Waals surface area contributed by atoms with E-state index in [9.17, 15) is 5.11 Å². The number of nitrogens with zero attached hydrogens (tertiary/aromatic N) is 1. The van der Waals surface area contributed by atoms with Crippen LogP contribution in [0, 0.1) is 6.92 Å². The van der Waals surface area contributed by atoms with Gasteiger partial charge in [-0.25, -0.2) is 0 Å². The molecule has 1 heterocycles. The van der Waals surface area contributed by atoms with Gasteiger partial charge in [0.05, 0.1) is 17.8 Å². The van der Waals surface area contributed by atoms with E-state index in [0.717, 1.165) is 22.0 Å². The van der Waals surface area contributed by atoms with Gasteiger partial charge in [0.15, 0.2) is 0 Å². The fourth-order valence-electron chi connectivity index (χ4n) is 2.84. The maximum Gasteiger partial charge on any atom is 0.0921 e. The number of hydrogen-bond acceptors (Lipinski definition) is 3. The van der Waals surface area contributed by atoms with E-state index in [2.05, 4.69) is 28.5 Å². The van der Waals surface area contributed by atoms with Crippen LogP contribution in [0.5, 0.6) is 0 Å². The van der Waals surface area contributed by atoms with Gasteiger partial charge in [0.25, 0.3) is 0 Å². The number of β-amino-alcohol motifs (C(OH)–C–C–N with tert-alkyl or cyclic N) is 1. The fourth-order valence-corrected chi connectivity index (χ4v) is 2.84. The van der Waals surface area contributed by atoms with Gasteiger partial charge < -0.3 is 10.4 Å². The Labute approximate surface area is 113 Å². The Bertz CT molecular complexity index is 586. The maximum absolute atomic E-state index is 10.4. The number of aliphatic hydroxyl groups is 1. The zero-order valence-corrected chi connectivity index (χ0v) is 11.5. The van der Waals surface area contributed by atoms with E-state index in [-0.39, 0.29) is 5.54 Å². The van der Waals surface area contributed by atoms with Gasteiger partial charge in [0.1, 0.15) is 0 Å². The van der Waals surface area contributed by atoms with E-state index < -0.39 is 6.10 Å². The lowest BCUT2D eigenvalue weighted by Gasteiger charge is -2.40. The van der Waals surface area contributed by atoms with Crippen LogP contribution in [0.2, 0.25) is 0 Å². The minimum Gasteiger partial charge on any atom is -0.387 e. The zero-order chi connectivity index (χ0) is 13.5. The minimum atomic E-state index is -0.488. The largest absolute Gasteiger partial charge is 0.387 e. The number of benzene rings is 1. The standard InChI is InChI=1S/C15H21N3O/c1-10-6-11(12-8-17-18-13(12)7-10)14(19)9-16-15(2)4-3-5-15/h6-8,14,16,19H,3-5,9H2,1-2H3,(H,17,18)/t14-/m0/s1. The smallest absolute Gasteiger partial charge is 0.0921 e. The van der Waals surface area contributed by atoms with E-state index in [1.54, 1.807) is 6.20 Å². The van der Waals surface area contributed by atoms with E-state index in [1.807, 2.05) is 13.0 Å². The van der Waals surface area contributed by atoms with Gasteiger partial charge in [-0.15, -0.1) is 0 Å². The van der Waals surface area contributed by atoms with Gasteiger partial charge in [-0.05, 0) is 50.3 Å². The third-order valence-electron chi connectivity index (χ3n) is 4.27. The monoisotopic (exact) mass is 259 g/mol. The highest BCUT2D eigenvalue weighted by atomic mass is 16.3. The van der Waals surface area contributed by atoms with Gasteiger partial charge >= 0.3 is 0 Å². The first-order valence-electron chi connectivity index (χ1n) is 6.94. The SMILES string of the molecule is Cc1cc([C@@H](O)CNC2(C)CCC2)c2cn[nH]c2c1. The third kappa shape index (κ3) is 2.38. The van der Waals surface area contributed by atoms with Crippen LogP contribution in [0.15, 0.2) is 18.3 Å². The first-order chi connectivity index (χ1) is 9.07. The quantitative estimate of drug-likeness (QED) is 0.790. The molecule has 1 aliphatic carbocycles. The van der Waals surface area contributed by atoms with Crippen molar-refractivity contribution in [1.29, 1.82) is 0 Å². The zero-order valence-electron chi connectivity index (χ0n) is 11.5. The molecule has 0 unspecified atom stereocenters. The molecule has 0 aliphatic heterocycles. The van der Waals surface area contributed by atoms with Gasteiger partial charge in [-0.3, -0.25) is 5.10 Å². The first kappa shape index (κ1) is 12.6. The van der Waals surface area contributed by atoms with Crippen molar-refractivity contribution in [3.63, 3.8) is 0 Å². The number of aryl methyl sites for hydroxylation is 1. The van der Waals surface area contributed by atoms with Crippen molar-refractivity contribution in [2.75, 3.05) is 6.54 Å². The lowest BCUT2D eigenvalue weighted by Crippen LogP contribution is -2.49. The van der Waals surface area contributed by atoms with E-state index in [4.69, 9.17) is 0 Å². The number of nitrogens with one attached hydrogen (secondary N) is 2. The maximum atomic E-state index is 10.4. The Hall–Kier alpha value is -1.39. The normalized spacial score (nSPS) is 19.3. The molecule has 3 N–H and O–H groups in total. The van der Waals surface area contributed by atoms with Crippen molar-refractivity contribution < 1.29 is 5.11 Å². The molecule has 1 fully saturated rings. The average Bonchev–Trinajstić information content (AvgIpc) is 2.80. The summed E-state index contributed by atoms with van der Waals surface area (Å²) in [6.07, 6.45) is 5.00. The van der Waals surface area contributed by atoms with Crippen LogP contribution in [0.4, 0.5) is 0 Å². The highest BCUT2D eigenvalue weighted by Crippen LogP contribution is 2.32. The minimum absolute atomic E-state index is 0.223. The Kier molecular flexibility index (Phi) is 3.07. The second-order valence-electron chi connectivity index (χ2n) is 6.00. The van der Waals surface area contributed by atoms with Gasteiger partial charge in [0.2, 0.25) is 0 Å². The molecule has 0 amide bonds. The van der Waals surface area contributed by atoms with Crippen molar-refractivity contribution in [1.82, 2.24) is 15.5 Å². The summed E-state index contributed by atoms with van der Waals surface area (Å²) in [7, 11) is 0. The lowest BCUT2D eigenvalue weighted by molar-refractivity contribution is 0.133. The molecule has 0 saturated heterocycles. The summed E-state index contributed by atoms with van der Waals surface area (Å²) in [5.41, 5.74) is 3.31. The molecule has 3 rings (SSSR count). The summed E-state index contributed by atoms with van der Waals surface area (Å²) in [6.45, 7) is 4.87. The Morgan fingerprint density at radius 1 is 1.47 bits per heavy atom. The first-order valence-corrected chi connectivity index (χ1v) is 6.94. The number of rotatable bonds is 4. The number of fused-ring (bicyclic) bond motifs is 1. The molecule has 102 valence electrons. The van der Waals surface area contributed by atoms with Crippen LogP contribution in [0.25, 0.3) is 10.9 Å². The summed E-state index contributed by atoms with van der Waals surface area (Å²) in [5.74, 6) is 0. The van der Waals surface area contributed by atoms with E-state index in [1.165, 1.54) is 19.3 Å². The summed E-state index contributed by atoms with van der Waals surface area (Å²) in [5, 5.41) is 22.0. The van der Waals surface area contributed by atoms with Crippen molar-refractivity contribution in [2.45, 2.75) is 44.8 Å². The summed E-state index contributed by atoms with van der Waals surface area (Å²) < 4.78 is 0. The van der Waals surface area contributed by atoms with Gasteiger partial charge in [-0.1, -0.05) is 6.07 Å². The van der Waals surface area contributed by atoms with Crippen molar-refractivity contribution in [3.8, 4) is 0 Å². The van der Waals surface area contributed by atoms with Crippen molar-refractivity contribution in [3.05, 3.63) is 29.5 Å². The number of hydrogen-bond donors (Lipinski definition) is 3. The molecule has 1 aromatic heterocycles. The number of H-pyrrole nitrogens is 1. The Morgan fingerprint density at radius 2 is 2.26 bits per heavy atom. The predicted octanol–water partition coefficient (Wildman–Crippen LogP) is 2.44. The Balaban J connectivity index is 1.80. The molecular weight excluding hydrogens is 238 g/mol. The highest BCUT2D eigenvalue weighted by molar-refractivity contribution is 5.82. The fraction of sp³-hybridized carbons (Fsp3) is 0.533. The molecule has 4 nitrogen and oxygen atoms in total. The molecular formula is C15H21N3O. The average molecular weight is 259 g/mol. The molecule has 0 spiro atoms. The number of aliphatic hydroxyl groups excluding tert-OH is 1. The molecule has 19 heavy (non-hydrogen) atoms. The van der Waals surface area contributed by atoms with E-state index >= 15 is 0 Å². The predicted molar refractivity (Wildman–Crippen MR) is 76.0 cm³/mol. The van der Waals surface area contributed by atoms with Crippen molar-refractivity contribution >= 4 is 10.9 Å². The summed E-state index contributed by atoms with van der Waals surface area (Å²) in [6, 6.07) is 4.10. The number of aromatic amines is 1. The van der Waals surface area contributed by atoms with Gasteiger partial charge in [0, 0.05) is 17.5 Å². The summed E-state index contributed by atoms with van der Waals surface area (Å²) in [4.78, 5) is 0. The van der Waals surface area contributed by atoms with Crippen LogP contribution < -0.4 is 5.32 Å². The third-order valence-corrected chi connectivity index (χ3v) is 4.27. The van der Waals surface area contributed by atoms with E-state index in [0.29, 0.717) is 6.54 Å². The molecule has 0 bridgehead atoms. The topological polar surface area (TPSA) is 60.9 Å². The lowest BCUT2D eigenvalue weighted by atomic mass is 9.78. The second kappa shape index (κ2) is 4.62. The molecule has 1 aliphatic rings. The molecule has 0 radical (unpaired) electrons. The molecule has 1 atom stereocenters. The molecule has 1 aromatic carbocycles. The Morgan fingerprint density at radius 3 is 2.95 bits per heavy atom. The van der Waals surface area contributed by atoms with Crippen molar-refractivity contribution in [2.24, 2.45) is 0 Å². The van der Waals surface area contributed by atoms with Crippen LogP contribution in [-0.4, -0.2) is 27.4 Å². The summed E-state index contributed by atoms with van der Waals surface area (Å²) >= 11 is 0. The molecule has 4 heteroatoms. The molecule has 1 saturated carbocycles. The highest BCUT2D eigenvalue weighted by Gasteiger charge is 2.31. The van der Waals surface area contributed by atoms with Crippen LogP contribution >= 0.6 is 0 Å². The molecule has 2 aromatic rings. The van der Waals surface area contributed by atoms with Crippen LogP contribution in [0.3, 0.4) is 0 Å². The van der Waals surface area contributed by atoms with Crippen LogP contribution in [0.1, 0.15) is 43.4 Å². The number of aromatic nitrogens is 2. The van der Waals surface area contributed by atoms with Gasteiger partial charge in [-0.2, -0.15) is 5.10 Å². The van der Waals surface area contributed by atoms with Crippen LogP contribution in [-0.2, 0) is 0 Å².